The number of hydrogen-bond donors (Lipinski definition) is 1. The molecule has 0 unspecified atom stereocenters. The Hall–Kier alpha value is -4.94. The van der Waals surface area contributed by atoms with Gasteiger partial charge in [0.2, 0.25) is 11.6 Å². The summed E-state index contributed by atoms with van der Waals surface area (Å²) in [6.45, 7) is 0. The van der Waals surface area contributed by atoms with Crippen LogP contribution in [0.3, 0.4) is 0 Å². The predicted molar refractivity (Wildman–Crippen MR) is 121 cm³/mol. The zero-order chi connectivity index (χ0) is 24.7. The van der Waals surface area contributed by atoms with Crippen molar-refractivity contribution >= 4 is 21.8 Å². The van der Waals surface area contributed by atoms with Crippen molar-refractivity contribution in [1.29, 1.82) is 0 Å². The smallest absolute Gasteiger partial charge is 0.347 e. The Bertz CT molecular complexity index is 1580. The first-order valence-corrected chi connectivity index (χ1v) is 10.0. The van der Waals surface area contributed by atoms with Crippen molar-refractivity contribution in [2.45, 2.75) is 0 Å². The summed E-state index contributed by atoms with van der Waals surface area (Å²) in [6.07, 6.45) is 0. The average Bonchev–Trinajstić information content (AvgIpc) is 3.37. The van der Waals surface area contributed by atoms with Crippen LogP contribution in [0.25, 0.3) is 45.2 Å². The molecular weight excluding hydrogens is 462 g/mol. The minimum absolute atomic E-state index is 0.0191. The highest BCUT2D eigenvalue weighted by Crippen LogP contribution is 2.32. The quantitative estimate of drug-likeness (QED) is 0.378. The number of hydrogen-bond acceptors (Lipinski definition) is 12. The highest BCUT2D eigenvalue weighted by Gasteiger charge is 2.20. The van der Waals surface area contributed by atoms with Gasteiger partial charge in [-0.1, -0.05) is 0 Å². The Balaban J connectivity index is 1.59. The van der Waals surface area contributed by atoms with Crippen LogP contribution in [0.5, 0.6) is 23.0 Å². The molecule has 5 rings (SSSR count). The van der Waals surface area contributed by atoms with Gasteiger partial charge in [-0.3, -0.25) is 5.10 Å². The highest BCUT2D eigenvalue weighted by molar-refractivity contribution is 5.83. The predicted octanol–water partition coefficient (Wildman–Crippen LogP) is 2.18. The summed E-state index contributed by atoms with van der Waals surface area (Å²) in [7, 11) is 5.84. The number of aromatic nitrogens is 5. The Morgan fingerprint density at radius 1 is 0.657 bits per heavy atom. The van der Waals surface area contributed by atoms with E-state index in [0.717, 1.165) is 0 Å². The number of ether oxygens (including phenoxy) is 4. The Morgan fingerprint density at radius 3 is 1.63 bits per heavy atom. The molecule has 0 spiro atoms. The van der Waals surface area contributed by atoms with Gasteiger partial charge in [0.05, 0.1) is 50.2 Å². The molecule has 178 valence electrons. The largest absolute Gasteiger partial charge is 0.493 e. The molecule has 0 bridgehead atoms. The van der Waals surface area contributed by atoms with Crippen molar-refractivity contribution < 1.29 is 27.8 Å². The summed E-state index contributed by atoms with van der Waals surface area (Å²) in [5.74, 6) is 1.15. The van der Waals surface area contributed by atoms with E-state index in [2.05, 4.69) is 25.1 Å². The molecule has 0 amide bonds. The minimum atomic E-state index is -0.672. The lowest BCUT2D eigenvalue weighted by atomic mass is 10.2. The molecule has 3 aromatic heterocycles. The summed E-state index contributed by atoms with van der Waals surface area (Å²) in [4.78, 5) is 38.0. The second-order valence-corrected chi connectivity index (χ2v) is 7.07. The van der Waals surface area contributed by atoms with Crippen molar-refractivity contribution in [2.24, 2.45) is 0 Å². The maximum absolute atomic E-state index is 12.6. The van der Waals surface area contributed by atoms with Gasteiger partial charge in [-0.2, -0.15) is 4.98 Å². The average molecular weight is 479 g/mol. The third kappa shape index (κ3) is 3.68. The SMILES string of the molecule is COc1cc2nc(-c3n[nH]c(-c4nc5cc(OC)c(OC)cc5c(=O)o4)n3)oc(=O)c2cc1OC. The summed E-state index contributed by atoms with van der Waals surface area (Å²) in [6, 6.07) is 6.02. The van der Waals surface area contributed by atoms with Crippen molar-refractivity contribution in [3.63, 3.8) is 0 Å². The van der Waals surface area contributed by atoms with Crippen LogP contribution in [0.1, 0.15) is 0 Å². The Kier molecular flexibility index (Phi) is 5.28. The molecule has 0 aliphatic heterocycles. The molecule has 0 atom stereocenters. The van der Waals surface area contributed by atoms with Crippen molar-refractivity contribution in [3.05, 3.63) is 45.1 Å². The third-order valence-corrected chi connectivity index (χ3v) is 5.15. The van der Waals surface area contributed by atoms with E-state index in [9.17, 15) is 9.59 Å². The molecular formula is C22H17N5O8. The van der Waals surface area contributed by atoms with E-state index in [1.807, 2.05) is 0 Å². The molecule has 0 aliphatic carbocycles. The molecule has 13 nitrogen and oxygen atoms in total. The Labute approximate surface area is 195 Å². The summed E-state index contributed by atoms with van der Waals surface area (Å²) in [5.41, 5.74) is -0.756. The fourth-order valence-electron chi connectivity index (χ4n) is 3.45. The molecule has 5 aromatic rings. The monoisotopic (exact) mass is 479 g/mol. The lowest BCUT2D eigenvalue weighted by molar-refractivity contribution is 0.355. The van der Waals surface area contributed by atoms with Gasteiger partial charge in [-0.25, -0.2) is 19.6 Å². The summed E-state index contributed by atoms with van der Waals surface area (Å²) >= 11 is 0. The first-order valence-electron chi connectivity index (χ1n) is 10.0. The fraction of sp³-hybridized carbons (Fsp3) is 0.182. The van der Waals surface area contributed by atoms with Gasteiger partial charge in [0.1, 0.15) is 0 Å². The molecule has 0 saturated heterocycles. The van der Waals surface area contributed by atoms with Crippen LogP contribution in [0.15, 0.2) is 42.7 Å². The fourth-order valence-corrected chi connectivity index (χ4v) is 3.45. The maximum Gasteiger partial charge on any atom is 0.347 e. The molecule has 13 heteroatoms. The number of nitrogens with one attached hydrogen (secondary N) is 1. The Morgan fingerprint density at radius 2 is 1.11 bits per heavy atom. The number of benzene rings is 2. The van der Waals surface area contributed by atoms with E-state index in [0.29, 0.717) is 28.5 Å². The maximum atomic E-state index is 12.6. The van der Waals surface area contributed by atoms with E-state index < -0.39 is 11.3 Å². The molecule has 0 saturated carbocycles. The zero-order valence-electron chi connectivity index (χ0n) is 18.9. The van der Waals surface area contributed by atoms with E-state index >= 15 is 0 Å². The first kappa shape index (κ1) is 21.9. The van der Waals surface area contributed by atoms with Crippen molar-refractivity contribution in [3.8, 4) is 46.4 Å². The summed E-state index contributed by atoms with van der Waals surface area (Å²) in [5, 5.41) is 7.02. The number of rotatable bonds is 6. The van der Waals surface area contributed by atoms with E-state index in [1.54, 1.807) is 0 Å². The van der Waals surface area contributed by atoms with Gasteiger partial charge in [-0.15, -0.1) is 5.10 Å². The third-order valence-electron chi connectivity index (χ3n) is 5.15. The zero-order valence-corrected chi connectivity index (χ0v) is 18.9. The normalized spacial score (nSPS) is 11.1. The van der Waals surface area contributed by atoms with Gasteiger partial charge in [0.25, 0.3) is 11.8 Å². The van der Waals surface area contributed by atoms with Crippen molar-refractivity contribution in [2.75, 3.05) is 28.4 Å². The van der Waals surface area contributed by atoms with Gasteiger partial charge < -0.3 is 27.8 Å². The van der Waals surface area contributed by atoms with Crippen LogP contribution in [0.4, 0.5) is 0 Å². The van der Waals surface area contributed by atoms with Crippen LogP contribution in [0, 0.1) is 0 Å². The lowest BCUT2D eigenvalue weighted by Gasteiger charge is -2.08. The number of methoxy groups -OCH3 is 4. The van der Waals surface area contributed by atoms with Gasteiger partial charge in [-0.05, 0) is 0 Å². The number of fused-ring (bicyclic) bond motifs is 2. The standard InChI is InChI=1S/C22H17N5O8/c1-30-13-5-9-11(7-15(13)32-3)23-19(34-21(9)28)17-25-18(27-26-17)20-24-12-8-16(33-4)14(31-2)6-10(12)22(29)35-20/h5-8H,1-4H3,(H,25,26,27). The van der Waals surface area contributed by atoms with Crippen LogP contribution < -0.4 is 30.2 Å². The minimum Gasteiger partial charge on any atom is -0.493 e. The van der Waals surface area contributed by atoms with Gasteiger partial charge in [0, 0.05) is 24.3 Å². The van der Waals surface area contributed by atoms with Crippen molar-refractivity contribution in [1.82, 2.24) is 25.1 Å². The first-order chi connectivity index (χ1) is 16.9. The van der Waals surface area contributed by atoms with Crippen LogP contribution in [-0.4, -0.2) is 53.6 Å². The van der Waals surface area contributed by atoms with Gasteiger partial charge in [0.15, 0.2) is 23.0 Å². The second kappa shape index (κ2) is 8.44. The number of aromatic amines is 1. The van der Waals surface area contributed by atoms with E-state index in [-0.39, 0.29) is 39.7 Å². The second-order valence-electron chi connectivity index (χ2n) is 7.07. The number of nitrogens with zero attached hydrogens (tertiary/aromatic N) is 4. The molecule has 35 heavy (non-hydrogen) atoms. The van der Waals surface area contributed by atoms with E-state index in [4.69, 9.17) is 27.8 Å². The summed E-state index contributed by atoms with van der Waals surface area (Å²) < 4.78 is 31.6. The lowest BCUT2D eigenvalue weighted by Crippen LogP contribution is -2.05. The van der Waals surface area contributed by atoms with Crippen LogP contribution in [0.2, 0.25) is 0 Å². The van der Waals surface area contributed by atoms with Crippen LogP contribution >= 0.6 is 0 Å². The van der Waals surface area contributed by atoms with Gasteiger partial charge >= 0.3 is 11.3 Å². The molecule has 2 aromatic carbocycles. The molecule has 0 fully saturated rings. The molecule has 0 radical (unpaired) electrons. The topological polar surface area (TPSA) is 165 Å². The number of H-pyrrole nitrogens is 1. The van der Waals surface area contributed by atoms with E-state index in [1.165, 1.54) is 52.7 Å². The molecule has 0 aliphatic rings. The van der Waals surface area contributed by atoms with Crippen LogP contribution in [-0.2, 0) is 0 Å². The molecule has 1 N–H and O–H groups in total. The molecule has 3 heterocycles. The highest BCUT2D eigenvalue weighted by atomic mass is 16.5.